The third-order valence-corrected chi connectivity index (χ3v) is 3.04. The molecule has 0 fully saturated rings. The molecule has 3 nitrogen and oxygen atoms in total. The molecule has 0 aliphatic carbocycles. The molecule has 2 rings (SSSR count). The van der Waals surface area contributed by atoms with Gasteiger partial charge in [-0.25, -0.2) is 9.97 Å². The first-order chi connectivity index (χ1) is 7.67. The quantitative estimate of drug-likeness (QED) is 0.820. The Hall–Kier alpha value is -1.09. The van der Waals surface area contributed by atoms with Gasteiger partial charge in [-0.2, -0.15) is 0 Å². The van der Waals surface area contributed by atoms with Gasteiger partial charge in [-0.3, -0.25) is 0 Å². The summed E-state index contributed by atoms with van der Waals surface area (Å²) in [4.78, 5) is 9.08. The van der Waals surface area contributed by atoms with Gasteiger partial charge in [0, 0.05) is 18.4 Å². The van der Waals surface area contributed by atoms with Crippen molar-refractivity contribution in [3.8, 4) is 0 Å². The Bertz CT molecular complexity index is 516. The minimum absolute atomic E-state index is 0.739. The second kappa shape index (κ2) is 4.42. The highest BCUT2D eigenvalue weighted by Crippen LogP contribution is 2.24. The van der Waals surface area contributed by atoms with Crippen molar-refractivity contribution in [2.24, 2.45) is 0 Å². The van der Waals surface area contributed by atoms with Crippen molar-refractivity contribution in [2.45, 2.75) is 40.2 Å². The van der Waals surface area contributed by atoms with Gasteiger partial charge in [0.1, 0.15) is 16.6 Å². The molecule has 16 heavy (non-hydrogen) atoms. The number of fused-ring (bicyclic) bond motifs is 1. The molecule has 0 spiro atoms. The lowest BCUT2D eigenvalue weighted by molar-refractivity contribution is 0.772. The molecule has 0 amide bonds. The van der Waals surface area contributed by atoms with Crippen LogP contribution in [0.15, 0.2) is 6.07 Å². The lowest BCUT2D eigenvalue weighted by atomic mass is 10.2. The lowest BCUT2D eigenvalue weighted by Gasteiger charge is -2.04. The molecule has 0 aliphatic heterocycles. The van der Waals surface area contributed by atoms with Gasteiger partial charge in [0.2, 0.25) is 0 Å². The van der Waals surface area contributed by atoms with E-state index in [1.54, 1.807) is 0 Å². The van der Waals surface area contributed by atoms with Crippen molar-refractivity contribution in [3.05, 3.63) is 22.7 Å². The van der Waals surface area contributed by atoms with Crippen LogP contribution in [0.3, 0.4) is 0 Å². The first kappa shape index (κ1) is 11.4. The summed E-state index contributed by atoms with van der Waals surface area (Å²) >= 11 is 6.16. The zero-order valence-corrected chi connectivity index (χ0v) is 10.7. The molecule has 0 N–H and O–H groups in total. The fourth-order valence-corrected chi connectivity index (χ4v) is 2.24. The van der Waals surface area contributed by atoms with E-state index in [9.17, 15) is 0 Å². The highest BCUT2D eigenvalue weighted by atomic mass is 35.5. The maximum Gasteiger partial charge on any atom is 0.145 e. The van der Waals surface area contributed by atoms with E-state index in [1.165, 1.54) is 0 Å². The van der Waals surface area contributed by atoms with Gasteiger partial charge in [-0.05, 0) is 26.3 Å². The van der Waals surface area contributed by atoms with E-state index in [0.29, 0.717) is 0 Å². The summed E-state index contributed by atoms with van der Waals surface area (Å²) in [5.74, 6) is 0.914. The molecule has 2 aromatic heterocycles. The van der Waals surface area contributed by atoms with Gasteiger partial charge in [-0.15, -0.1) is 0 Å². The zero-order valence-electron chi connectivity index (χ0n) is 9.92. The first-order valence-corrected chi connectivity index (χ1v) is 6.07. The van der Waals surface area contributed by atoms with E-state index in [4.69, 9.17) is 11.6 Å². The largest absolute Gasteiger partial charge is 0.317 e. The van der Waals surface area contributed by atoms with Gasteiger partial charge < -0.3 is 4.57 Å². The molecule has 2 heterocycles. The molecular formula is C12H16ClN3. The summed E-state index contributed by atoms with van der Waals surface area (Å²) in [6, 6.07) is 1.95. The molecule has 0 saturated carbocycles. The summed E-state index contributed by atoms with van der Waals surface area (Å²) in [5, 5.41) is 1.80. The fraction of sp³-hybridized carbons (Fsp3) is 0.500. The number of aromatic nitrogens is 3. The van der Waals surface area contributed by atoms with Crippen molar-refractivity contribution in [3.63, 3.8) is 0 Å². The average molecular weight is 238 g/mol. The highest BCUT2D eigenvalue weighted by Gasteiger charge is 2.11. The highest BCUT2D eigenvalue weighted by molar-refractivity contribution is 6.30. The Balaban J connectivity index is 2.68. The van der Waals surface area contributed by atoms with Gasteiger partial charge in [0.15, 0.2) is 0 Å². The third kappa shape index (κ3) is 1.80. The standard InChI is InChI=1S/C12H16ClN3/c1-4-6-11-14-8(3)9-7-10(13)16(5-2)12(9)15-11/h7H,4-6H2,1-3H3. The summed E-state index contributed by atoms with van der Waals surface area (Å²) in [6.45, 7) is 7.06. The van der Waals surface area contributed by atoms with Gasteiger partial charge in [0.05, 0.1) is 5.69 Å². The summed E-state index contributed by atoms with van der Waals surface area (Å²) in [5.41, 5.74) is 1.98. The van der Waals surface area contributed by atoms with Crippen LogP contribution in [0, 0.1) is 6.92 Å². The number of hydrogen-bond donors (Lipinski definition) is 0. The summed E-state index contributed by atoms with van der Waals surface area (Å²) in [7, 11) is 0. The molecule has 2 aromatic rings. The number of rotatable bonds is 3. The van der Waals surface area contributed by atoms with E-state index in [-0.39, 0.29) is 0 Å². The van der Waals surface area contributed by atoms with E-state index >= 15 is 0 Å². The van der Waals surface area contributed by atoms with Crippen LogP contribution < -0.4 is 0 Å². The SMILES string of the molecule is CCCc1nc(C)c2cc(Cl)n(CC)c2n1. The van der Waals surface area contributed by atoms with Crippen LogP contribution in [0.25, 0.3) is 11.0 Å². The van der Waals surface area contributed by atoms with Gasteiger partial charge >= 0.3 is 0 Å². The van der Waals surface area contributed by atoms with E-state index in [2.05, 4.69) is 23.8 Å². The number of halogens is 1. The molecule has 0 bridgehead atoms. The normalized spacial score (nSPS) is 11.2. The molecule has 0 aliphatic rings. The smallest absolute Gasteiger partial charge is 0.145 e. The number of hydrogen-bond acceptors (Lipinski definition) is 2. The number of aryl methyl sites for hydroxylation is 3. The molecule has 0 unspecified atom stereocenters. The fourth-order valence-electron chi connectivity index (χ4n) is 1.93. The van der Waals surface area contributed by atoms with Crippen LogP contribution in [0.5, 0.6) is 0 Å². The maximum atomic E-state index is 6.16. The van der Waals surface area contributed by atoms with Gasteiger partial charge in [-0.1, -0.05) is 18.5 Å². The molecule has 0 radical (unpaired) electrons. The minimum Gasteiger partial charge on any atom is -0.317 e. The summed E-state index contributed by atoms with van der Waals surface area (Å²) in [6.07, 6.45) is 1.98. The second-order valence-corrected chi connectivity index (χ2v) is 4.31. The molecule has 0 aromatic carbocycles. The molecule has 0 saturated heterocycles. The van der Waals surface area contributed by atoms with Crippen molar-refractivity contribution >= 4 is 22.6 Å². The van der Waals surface area contributed by atoms with E-state index in [0.717, 1.165) is 47.1 Å². The Labute approximate surface area is 100 Å². The predicted octanol–water partition coefficient (Wildman–Crippen LogP) is 3.37. The van der Waals surface area contributed by atoms with Crippen molar-refractivity contribution in [1.29, 1.82) is 0 Å². The third-order valence-electron chi connectivity index (χ3n) is 2.73. The van der Waals surface area contributed by atoms with Crippen LogP contribution in [0.1, 0.15) is 31.8 Å². The Kier molecular flexibility index (Phi) is 3.15. The zero-order chi connectivity index (χ0) is 11.7. The lowest BCUT2D eigenvalue weighted by Crippen LogP contribution is -2.01. The minimum atomic E-state index is 0.739. The number of nitrogens with zero attached hydrogens (tertiary/aromatic N) is 3. The van der Waals surface area contributed by atoms with Gasteiger partial charge in [0.25, 0.3) is 0 Å². The monoisotopic (exact) mass is 237 g/mol. The second-order valence-electron chi connectivity index (χ2n) is 3.92. The van der Waals surface area contributed by atoms with E-state index in [1.807, 2.05) is 17.6 Å². The molecule has 86 valence electrons. The van der Waals surface area contributed by atoms with Crippen molar-refractivity contribution in [2.75, 3.05) is 0 Å². The Morgan fingerprint density at radius 2 is 2.06 bits per heavy atom. The first-order valence-electron chi connectivity index (χ1n) is 5.69. The average Bonchev–Trinajstić information content (AvgIpc) is 2.55. The van der Waals surface area contributed by atoms with Crippen LogP contribution in [-0.2, 0) is 13.0 Å². The summed E-state index contributed by atoms with van der Waals surface area (Å²) < 4.78 is 2.02. The van der Waals surface area contributed by atoms with Crippen molar-refractivity contribution in [1.82, 2.24) is 14.5 Å². The van der Waals surface area contributed by atoms with E-state index < -0.39 is 0 Å². The molecular weight excluding hydrogens is 222 g/mol. The van der Waals surface area contributed by atoms with Crippen LogP contribution in [0.4, 0.5) is 0 Å². The maximum absolute atomic E-state index is 6.16. The molecule has 4 heteroatoms. The van der Waals surface area contributed by atoms with Crippen molar-refractivity contribution < 1.29 is 0 Å². The Morgan fingerprint density at radius 1 is 1.31 bits per heavy atom. The van der Waals surface area contributed by atoms with Crippen LogP contribution >= 0.6 is 11.6 Å². The molecule has 0 atom stereocenters. The predicted molar refractivity (Wildman–Crippen MR) is 66.9 cm³/mol. The topological polar surface area (TPSA) is 30.7 Å². The van der Waals surface area contributed by atoms with Crippen LogP contribution in [-0.4, -0.2) is 14.5 Å². The van der Waals surface area contributed by atoms with Crippen LogP contribution in [0.2, 0.25) is 5.15 Å². The Morgan fingerprint density at radius 3 is 2.69 bits per heavy atom.